The number of aliphatic imine (C=N–C) groups is 1. The third-order valence-corrected chi connectivity index (χ3v) is 3.70. The maximum atomic E-state index is 11.6. The maximum Gasteiger partial charge on any atom is 0.333 e. The molecule has 0 aliphatic carbocycles. The Hall–Kier alpha value is -1.99. The molecule has 1 saturated heterocycles. The molecule has 0 radical (unpaired) electrons. The van der Waals surface area contributed by atoms with Gasteiger partial charge >= 0.3 is 11.9 Å². The van der Waals surface area contributed by atoms with E-state index in [9.17, 15) is 9.59 Å². The van der Waals surface area contributed by atoms with Crippen LogP contribution >= 0.6 is 23.2 Å². The monoisotopic (exact) mass is 343 g/mol. The van der Waals surface area contributed by atoms with E-state index in [0.29, 0.717) is 15.7 Å². The van der Waals surface area contributed by atoms with E-state index < -0.39 is 18.2 Å². The van der Waals surface area contributed by atoms with E-state index in [2.05, 4.69) is 10.3 Å². The second kappa shape index (κ2) is 6.02. The first-order chi connectivity index (χ1) is 10.5. The van der Waals surface area contributed by atoms with Crippen LogP contribution in [-0.4, -0.2) is 35.7 Å². The summed E-state index contributed by atoms with van der Waals surface area (Å²) in [7, 11) is 0. The Balaban J connectivity index is 1.83. The van der Waals surface area contributed by atoms with Gasteiger partial charge in [0.15, 0.2) is 0 Å². The SMILES string of the molecule is O=C1CCC(=O)ON2C(Nc3c(Cl)cccc3Cl)=NCC2O1. The first-order valence-electron chi connectivity index (χ1n) is 6.49. The van der Waals surface area contributed by atoms with Crippen molar-refractivity contribution in [3.8, 4) is 0 Å². The normalized spacial score (nSPS) is 21.3. The van der Waals surface area contributed by atoms with Crippen LogP contribution in [0.15, 0.2) is 23.2 Å². The molecule has 1 atom stereocenters. The van der Waals surface area contributed by atoms with E-state index >= 15 is 0 Å². The lowest BCUT2D eigenvalue weighted by atomic mass is 10.3. The predicted molar refractivity (Wildman–Crippen MR) is 79.4 cm³/mol. The summed E-state index contributed by atoms with van der Waals surface area (Å²) in [5.74, 6) is -0.815. The van der Waals surface area contributed by atoms with Crippen molar-refractivity contribution in [1.82, 2.24) is 5.06 Å². The first-order valence-corrected chi connectivity index (χ1v) is 7.25. The molecule has 116 valence electrons. The highest BCUT2D eigenvalue weighted by Gasteiger charge is 2.36. The van der Waals surface area contributed by atoms with Gasteiger partial charge < -0.3 is 14.9 Å². The number of guanidine groups is 1. The highest BCUT2D eigenvalue weighted by atomic mass is 35.5. The average molecular weight is 344 g/mol. The molecule has 2 heterocycles. The van der Waals surface area contributed by atoms with Gasteiger partial charge in [-0.05, 0) is 12.1 Å². The summed E-state index contributed by atoms with van der Waals surface area (Å²) in [5, 5.41) is 4.79. The van der Waals surface area contributed by atoms with Crippen LogP contribution < -0.4 is 5.32 Å². The molecule has 1 N–H and O–H groups in total. The van der Waals surface area contributed by atoms with E-state index in [0.717, 1.165) is 5.06 Å². The van der Waals surface area contributed by atoms with Crippen LogP contribution in [0.1, 0.15) is 12.8 Å². The number of benzene rings is 1. The number of para-hydroxylation sites is 1. The van der Waals surface area contributed by atoms with Crippen molar-refractivity contribution >= 4 is 46.8 Å². The zero-order valence-electron chi connectivity index (χ0n) is 11.2. The fourth-order valence-corrected chi connectivity index (χ4v) is 2.52. The largest absolute Gasteiger partial charge is 0.436 e. The smallest absolute Gasteiger partial charge is 0.333 e. The number of halogens is 2. The molecule has 2 aliphatic rings. The Kier molecular flexibility index (Phi) is 4.08. The van der Waals surface area contributed by atoms with Crippen molar-refractivity contribution in [3.63, 3.8) is 0 Å². The van der Waals surface area contributed by atoms with Gasteiger partial charge in [0.2, 0.25) is 12.2 Å². The Morgan fingerprint density at radius 2 is 1.86 bits per heavy atom. The summed E-state index contributed by atoms with van der Waals surface area (Å²) >= 11 is 12.2. The minimum Gasteiger partial charge on any atom is -0.436 e. The number of esters is 1. The molecule has 3 rings (SSSR count). The van der Waals surface area contributed by atoms with Crippen molar-refractivity contribution in [1.29, 1.82) is 0 Å². The maximum absolute atomic E-state index is 11.6. The van der Waals surface area contributed by atoms with Gasteiger partial charge in [0.1, 0.15) is 6.54 Å². The quantitative estimate of drug-likeness (QED) is 0.787. The second-order valence-electron chi connectivity index (χ2n) is 4.62. The molecule has 2 aliphatic heterocycles. The summed E-state index contributed by atoms with van der Waals surface area (Å²) in [6.45, 7) is 0.142. The standard InChI is InChI=1S/C13H11Cl2N3O4/c14-7-2-1-3-8(15)12(7)17-13-16-6-9-18(13)22-11(20)5-4-10(19)21-9/h1-3,9H,4-6H2,(H,16,17). The number of hydroxylamine groups is 2. The summed E-state index contributed by atoms with van der Waals surface area (Å²) in [6.07, 6.45) is -0.856. The number of rotatable bonds is 1. The zero-order valence-corrected chi connectivity index (χ0v) is 12.7. The summed E-state index contributed by atoms with van der Waals surface area (Å²) in [4.78, 5) is 32.5. The van der Waals surface area contributed by atoms with Crippen molar-refractivity contribution in [3.05, 3.63) is 28.2 Å². The minimum absolute atomic E-state index is 0.0116. The number of hydrogen-bond acceptors (Lipinski definition) is 7. The van der Waals surface area contributed by atoms with Gasteiger partial charge in [0, 0.05) is 0 Å². The van der Waals surface area contributed by atoms with Crippen LogP contribution in [0.3, 0.4) is 0 Å². The van der Waals surface area contributed by atoms with E-state index in [1.54, 1.807) is 18.2 Å². The molecule has 0 spiro atoms. The van der Waals surface area contributed by atoms with Crippen molar-refractivity contribution < 1.29 is 19.2 Å². The van der Waals surface area contributed by atoms with E-state index in [4.69, 9.17) is 32.8 Å². The Morgan fingerprint density at radius 3 is 2.59 bits per heavy atom. The van der Waals surface area contributed by atoms with Crippen molar-refractivity contribution in [2.24, 2.45) is 4.99 Å². The number of ether oxygens (including phenoxy) is 1. The predicted octanol–water partition coefficient (Wildman–Crippen LogP) is 2.20. The lowest BCUT2D eigenvalue weighted by molar-refractivity contribution is -0.213. The molecule has 0 saturated carbocycles. The highest BCUT2D eigenvalue weighted by Crippen LogP contribution is 2.31. The van der Waals surface area contributed by atoms with Gasteiger partial charge in [0.05, 0.1) is 28.6 Å². The molecule has 0 bridgehead atoms. The second-order valence-corrected chi connectivity index (χ2v) is 5.43. The van der Waals surface area contributed by atoms with E-state index in [-0.39, 0.29) is 25.3 Å². The molecule has 7 nitrogen and oxygen atoms in total. The third kappa shape index (κ3) is 2.95. The number of nitrogens with zero attached hydrogens (tertiary/aromatic N) is 2. The topological polar surface area (TPSA) is 80.2 Å². The van der Waals surface area contributed by atoms with Crippen LogP contribution in [0.25, 0.3) is 0 Å². The van der Waals surface area contributed by atoms with Gasteiger partial charge in [-0.15, -0.1) is 5.06 Å². The van der Waals surface area contributed by atoms with Gasteiger partial charge in [-0.25, -0.2) is 9.79 Å². The third-order valence-electron chi connectivity index (χ3n) is 3.07. The zero-order chi connectivity index (χ0) is 15.7. The fourth-order valence-electron chi connectivity index (χ4n) is 2.03. The van der Waals surface area contributed by atoms with Crippen LogP contribution in [-0.2, 0) is 19.2 Å². The molecule has 0 amide bonds. The van der Waals surface area contributed by atoms with Crippen molar-refractivity contribution in [2.75, 3.05) is 11.9 Å². The summed E-state index contributed by atoms with van der Waals surface area (Å²) in [5.41, 5.74) is 0.426. The van der Waals surface area contributed by atoms with Gasteiger partial charge in [-0.3, -0.25) is 4.79 Å². The first kappa shape index (κ1) is 14.9. The lowest BCUT2D eigenvalue weighted by Crippen LogP contribution is -2.45. The number of nitrogens with one attached hydrogen (secondary N) is 1. The van der Waals surface area contributed by atoms with Crippen LogP contribution in [0.2, 0.25) is 10.0 Å². The number of carbonyl (C=O) groups excluding carboxylic acids is 2. The van der Waals surface area contributed by atoms with Gasteiger partial charge in [-0.1, -0.05) is 29.3 Å². The summed E-state index contributed by atoms with van der Waals surface area (Å²) < 4.78 is 5.18. The number of hydrogen-bond donors (Lipinski definition) is 1. The molecule has 1 unspecified atom stereocenters. The van der Waals surface area contributed by atoms with E-state index in [1.165, 1.54) is 0 Å². The van der Waals surface area contributed by atoms with Crippen LogP contribution in [0, 0.1) is 0 Å². The Bertz CT molecular complexity index is 644. The van der Waals surface area contributed by atoms with Crippen molar-refractivity contribution in [2.45, 2.75) is 19.1 Å². The minimum atomic E-state index is -0.791. The molecule has 1 fully saturated rings. The lowest BCUT2D eigenvalue weighted by Gasteiger charge is -2.27. The molecule has 9 heteroatoms. The molecule has 0 aromatic heterocycles. The average Bonchev–Trinajstić information content (AvgIpc) is 2.81. The fraction of sp³-hybridized carbons (Fsp3) is 0.308. The molecule has 1 aromatic rings. The Labute approximate surface area is 135 Å². The highest BCUT2D eigenvalue weighted by molar-refractivity contribution is 6.39. The van der Waals surface area contributed by atoms with Gasteiger partial charge in [-0.2, -0.15) is 0 Å². The molecular weight excluding hydrogens is 333 g/mol. The van der Waals surface area contributed by atoms with Gasteiger partial charge in [0.25, 0.3) is 0 Å². The number of carbonyl (C=O) groups is 2. The van der Waals surface area contributed by atoms with E-state index in [1.807, 2.05) is 0 Å². The number of anilines is 1. The number of fused-ring (bicyclic) bond motifs is 1. The molecular formula is C13H11Cl2N3O4. The van der Waals surface area contributed by atoms with Crippen LogP contribution in [0.4, 0.5) is 5.69 Å². The van der Waals surface area contributed by atoms with Crippen LogP contribution in [0.5, 0.6) is 0 Å². The summed E-state index contributed by atoms with van der Waals surface area (Å²) in [6, 6.07) is 5.01. The Morgan fingerprint density at radius 1 is 1.18 bits per heavy atom. The molecule has 22 heavy (non-hydrogen) atoms. The molecule has 1 aromatic carbocycles.